The standard InChI is InChI=1S/C18H26Cl2O2/c1-13(2)10-14-6-8-15(9-7-14)18(17(5,19)20)21-11-16(3,4)12-22-18/h6-9,13H,10-12H2,1-5H3. The highest BCUT2D eigenvalue weighted by molar-refractivity contribution is 6.48. The first-order valence-electron chi connectivity index (χ1n) is 7.81. The fourth-order valence-electron chi connectivity index (χ4n) is 2.68. The van der Waals surface area contributed by atoms with E-state index in [9.17, 15) is 0 Å². The van der Waals surface area contributed by atoms with Gasteiger partial charge in [0.25, 0.3) is 0 Å². The number of ether oxygens (including phenoxy) is 2. The van der Waals surface area contributed by atoms with Gasteiger partial charge in [-0.05, 0) is 24.8 Å². The fraction of sp³-hybridized carbons (Fsp3) is 0.667. The lowest BCUT2D eigenvalue weighted by Gasteiger charge is -2.48. The molecule has 4 heteroatoms. The SMILES string of the molecule is CC(C)Cc1ccc(C2(C(C)(Cl)Cl)OCC(C)(C)CO2)cc1. The van der Waals surface area contributed by atoms with E-state index < -0.39 is 10.1 Å². The number of benzene rings is 1. The van der Waals surface area contributed by atoms with Gasteiger partial charge in [-0.15, -0.1) is 0 Å². The molecule has 2 rings (SSSR count). The summed E-state index contributed by atoms with van der Waals surface area (Å²) >= 11 is 12.9. The normalized spacial score (nSPS) is 21.1. The van der Waals surface area contributed by atoms with Gasteiger partial charge in [-0.2, -0.15) is 0 Å². The third-order valence-electron chi connectivity index (χ3n) is 3.89. The second kappa shape index (κ2) is 6.32. The van der Waals surface area contributed by atoms with E-state index in [4.69, 9.17) is 32.7 Å². The van der Waals surface area contributed by atoms with Crippen LogP contribution >= 0.6 is 23.2 Å². The van der Waals surface area contributed by atoms with Gasteiger partial charge in [0.15, 0.2) is 4.33 Å². The van der Waals surface area contributed by atoms with Gasteiger partial charge >= 0.3 is 0 Å². The molecule has 1 aliphatic heterocycles. The van der Waals surface area contributed by atoms with E-state index in [2.05, 4.69) is 39.8 Å². The Kier molecular flexibility index (Phi) is 5.19. The van der Waals surface area contributed by atoms with Gasteiger partial charge in [-0.25, -0.2) is 0 Å². The van der Waals surface area contributed by atoms with Crippen molar-refractivity contribution in [3.8, 4) is 0 Å². The molecule has 0 radical (unpaired) electrons. The van der Waals surface area contributed by atoms with Crippen molar-refractivity contribution >= 4 is 23.2 Å². The predicted molar refractivity (Wildman–Crippen MR) is 92.5 cm³/mol. The molecule has 124 valence electrons. The maximum atomic E-state index is 6.44. The average Bonchev–Trinajstić information content (AvgIpc) is 2.38. The van der Waals surface area contributed by atoms with Crippen molar-refractivity contribution in [3.05, 3.63) is 35.4 Å². The van der Waals surface area contributed by atoms with Gasteiger partial charge in [0.05, 0.1) is 13.2 Å². The highest BCUT2D eigenvalue weighted by atomic mass is 35.5. The zero-order valence-corrected chi connectivity index (χ0v) is 15.6. The summed E-state index contributed by atoms with van der Waals surface area (Å²) in [5.41, 5.74) is 2.11. The van der Waals surface area contributed by atoms with E-state index in [0.29, 0.717) is 19.1 Å². The molecule has 1 heterocycles. The van der Waals surface area contributed by atoms with Crippen LogP contribution in [-0.4, -0.2) is 17.5 Å². The minimum absolute atomic E-state index is 0.0416. The van der Waals surface area contributed by atoms with Crippen LogP contribution in [0.5, 0.6) is 0 Å². The van der Waals surface area contributed by atoms with Crippen LogP contribution in [-0.2, 0) is 21.7 Å². The van der Waals surface area contributed by atoms with Crippen molar-refractivity contribution in [1.82, 2.24) is 0 Å². The van der Waals surface area contributed by atoms with Gasteiger partial charge < -0.3 is 9.47 Å². The highest BCUT2D eigenvalue weighted by Gasteiger charge is 2.54. The molecule has 1 saturated heterocycles. The van der Waals surface area contributed by atoms with Crippen LogP contribution in [0.3, 0.4) is 0 Å². The quantitative estimate of drug-likeness (QED) is 0.689. The Balaban J connectivity index is 2.31. The van der Waals surface area contributed by atoms with Crippen LogP contribution in [0, 0.1) is 11.3 Å². The van der Waals surface area contributed by atoms with Crippen molar-refractivity contribution in [1.29, 1.82) is 0 Å². The van der Waals surface area contributed by atoms with E-state index in [1.807, 2.05) is 12.1 Å². The summed E-state index contributed by atoms with van der Waals surface area (Å²) in [6.45, 7) is 11.4. The second-order valence-electron chi connectivity index (χ2n) is 7.54. The fourth-order valence-corrected chi connectivity index (χ4v) is 3.12. The molecule has 1 aliphatic rings. The summed E-state index contributed by atoms with van der Waals surface area (Å²) in [6, 6.07) is 8.23. The molecule has 1 aromatic rings. The Morgan fingerprint density at radius 2 is 1.59 bits per heavy atom. The Morgan fingerprint density at radius 3 is 2.00 bits per heavy atom. The van der Waals surface area contributed by atoms with Crippen LogP contribution in [0.25, 0.3) is 0 Å². The summed E-state index contributed by atoms with van der Waals surface area (Å²) in [6.07, 6.45) is 1.04. The van der Waals surface area contributed by atoms with Crippen LogP contribution in [0.2, 0.25) is 0 Å². The topological polar surface area (TPSA) is 18.5 Å². The minimum atomic E-state index is -1.18. The number of hydrogen-bond acceptors (Lipinski definition) is 2. The van der Waals surface area contributed by atoms with Crippen molar-refractivity contribution in [3.63, 3.8) is 0 Å². The molecular weight excluding hydrogens is 319 g/mol. The number of halogens is 2. The second-order valence-corrected chi connectivity index (χ2v) is 9.25. The van der Waals surface area contributed by atoms with Gasteiger partial charge in [-0.3, -0.25) is 0 Å². The number of rotatable bonds is 4. The smallest absolute Gasteiger partial charge is 0.228 e. The maximum absolute atomic E-state index is 6.44. The number of alkyl halides is 2. The summed E-state index contributed by atoms with van der Waals surface area (Å²) in [5.74, 6) is -0.503. The van der Waals surface area contributed by atoms with Crippen LogP contribution in [0.1, 0.15) is 45.7 Å². The van der Waals surface area contributed by atoms with E-state index >= 15 is 0 Å². The maximum Gasteiger partial charge on any atom is 0.228 e. The third-order valence-corrected chi connectivity index (χ3v) is 4.39. The minimum Gasteiger partial charge on any atom is -0.343 e. The zero-order chi connectivity index (χ0) is 16.6. The van der Waals surface area contributed by atoms with Crippen LogP contribution in [0.4, 0.5) is 0 Å². The molecule has 0 bridgehead atoms. The molecule has 22 heavy (non-hydrogen) atoms. The van der Waals surface area contributed by atoms with E-state index in [1.165, 1.54) is 5.56 Å². The molecule has 0 N–H and O–H groups in total. The average molecular weight is 345 g/mol. The summed E-state index contributed by atoms with van der Waals surface area (Å²) in [5, 5.41) is 0. The number of hydrogen-bond donors (Lipinski definition) is 0. The molecular formula is C18H26Cl2O2. The molecule has 0 unspecified atom stereocenters. The van der Waals surface area contributed by atoms with Gasteiger partial charge in [0, 0.05) is 11.0 Å². The molecule has 0 amide bonds. The Morgan fingerprint density at radius 1 is 1.09 bits per heavy atom. The molecule has 0 aliphatic carbocycles. The van der Waals surface area contributed by atoms with Gasteiger partial charge in [0.1, 0.15) is 0 Å². The molecule has 1 fully saturated rings. The monoisotopic (exact) mass is 344 g/mol. The molecule has 2 nitrogen and oxygen atoms in total. The Hall–Kier alpha value is -0.280. The first kappa shape index (κ1) is 18.1. The molecule has 0 atom stereocenters. The first-order valence-corrected chi connectivity index (χ1v) is 8.56. The van der Waals surface area contributed by atoms with Crippen molar-refractivity contribution in [2.45, 2.75) is 51.2 Å². The lowest BCUT2D eigenvalue weighted by Crippen LogP contribution is -2.53. The van der Waals surface area contributed by atoms with Crippen molar-refractivity contribution < 1.29 is 9.47 Å². The van der Waals surface area contributed by atoms with Gasteiger partial charge in [-0.1, -0.05) is 75.2 Å². The summed E-state index contributed by atoms with van der Waals surface area (Å²) in [4.78, 5) is 0. The van der Waals surface area contributed by atoms with Gasteiger partial charge in [0.2, 0.25) is 5.79 Å². The zero-order valence-electron chi connectivity index (χ0n) is 14.1. The first-order chi connectivity index (χ1) is 10.1. The predicted octanol–water partition coefficient (Wildman–Crippen LogP) is 5.30. The third kappa shape index (κ3) is 3.79. The van der Waals surface area contributed by atoms with Crippen molar-refractivity contribution in [2.24, 2.45) is 11.3 Å². The van der Waals surface area contributed by atoms with E-state index in [1.54, 1.807) is 6.92 Å². The Labute approximate surface area is 144 Å². The highest BCUT2D eigenvalue weighted by Crippen LogP contribution is 2.49. The molecule has 0 saturated carbocycles. The lowest BCUT2D eigenvalue weighted by atomic mass is 9.91. The van der Waals surface area contributed by atoms with E-state index in [0.717, 1.165) is 12.0 Å². The summed E-state index contributed by atoms with van der Waals surface area (Å²) < 4.78 is 11.0. The largest absolute Gasteiger partial charge is 0.343 e. The molecule has 0 spiro atoms. The van der Waals surface area contributed by atoms with Crippen LogP contribution in [0.15, 0.2) is 24.3 Å². The van der Waals surface area contributed by atoms with Crippen molar-refractivity contribution in [2.75, 3.05) is 13.2 Å². The van der Waals surface area contributed by atoms with Crippen LogP contribution < -0.4 is 0 Å². The Bertz CT molecular complexity index is 491. The molecule has 1 aromatic carbocycles. The summed E-state index contributed by atoms with van der Waals surface area (Å²) in [7, 11) is 0. The van der Waals surface area contributed by atoms with E-state index in [-0.39, 0.29) is 5.41 Å². The lowest BCUT2D eigenvalue weighted by molar-refractivity contribution is -0.313. The molecule has 0 aromatic heterocycles.